The largest absolute Gasteiger partial charge is 0.383 e. The molecular weight excluding hydrogens is 530 g/mol. The van der Waals surface area contributed by atoms with Crippen LogP contribution in [0.15, 0.2) is 35.5 Å². The van der Waals surface area contributed by atoms with E-state index < -0.39 is 32.1 Å². The van der Waals surface area contributed by atoms with Crippen molar-refractivity contribution in [1.29, 1.82) is 0 Å². The van der Waals surface area contributed by atoms with E-state index in [1.165, 1.54) is 7.05 Å². The highest BCUT2D eigenvalue weighted by Crippen LogP contribution is 2.48. The molecule has 5 rings (SSSR count). The molecule has 3 heterocycles. The average Bonchev–Trinajstić information content (AvgIpc) is 3.45. The zero-order chi connectivity index (χ0) is 27.9. The Morgan fingerprint density at radius 3 is 2.51 bits per heavy atom. The van der Waals surface area contributed by atoms with Crippen LogP contribution in [0, 0.1) is 18.6 Å². The van der Waals surface area contributed by atoms with Crippen LogP contribution in [-0.4, -0.2) is 65.4 Å². The molecule has 2 N–H and O–H groups in total. The molecule has 14 heteroatoms. The lowest BCUT2D eigenvalue weighted by Gasteiger charge is -2.22. The molecule has 1 saturated carbocycles. The number of rotatable bonds is 10. The average molecular weight is 559 g/mol. The second kappa shape index (κ2) is 10.3. The minimum Gasteiger partial charge on any atom is -0.383 e. The van der Waals surface area contributed by atoms with Gasteiger partial charge in [0.25, 0.3) is 0 Å². The maximum atomic E-state index is 15.1. The maximum Gasteiger partial charge on any atom is 0.232 e. The lowest BCUT2D eigenvalue weighted by molar-refractivity contribution is 0.183. The summed E-state index contributed by atoms with van der Waals surface area (Å²) in [5, 5.41) is 14.8. The Balaban J connectivity index is 1.65. The Bertz CT molecular complexity index is 1610. The van der Waals surface area contributed by atoms with Crippen LogP contribution in [-0.2, 0) is 21.1 Å². The van der Waals surface area contributed by atoms with Crippen LogP contribution in [0.2, 0.25) is 0 Å². The van der Waals surface area contributed by atoms with Gasteiger partial charge in [0.05, 0.1) is 29.9 Å². The summed E-state index contributed by atoms with van der Waals surface area (Å²) in [5.41, 5.74) is 2.49. The van der Waals surface area contributed by atoms with Gasteiger partial charge in [0.2, 0.25) is 5.95 Å². The summed E-state index contributed by atoms with van der Waals surface area (Å²) in [7, 11) is -0.790. The number of aryl methyl sites for hydroxylation is 1. The first-order valence-electron chi connectivity index (χ1n) is 12.2. The van der Waals surface area contributed by atoms with E-state index in [1.807, 2.05) is 19.2 Å². The van der Waals surface area contributed by atoms with Gasteiger partial charge in [-0.2, -0.15) is 15.2 Å². The molecule has 0 amide bonds. The van der Waals surface area contributed by atoms with Crippen molar-refractivity contribution in [1.82, 2.24) is 29.9 Å². The molecule has 39 heavy (non-hydrogen) atoms. The quantitative estimate of drug-likeness (QED) is 0.295. The van der Waals surface area contributed by atoms with Gasteiger partial charge in [0, 0.05) is 49.5 Å². The zero-order valence-electron chi connectivity index (χ0n) is 21.9. The molecule has 0 bridgehead atoms. The molecule has 1 aromatic carbocycles. The second-order valence-corrected chi connectivity index (χ2v) is 11.5. The molecule has 3 aromatic heterocycles. The molecule has 1 fully saturated rings. The lowest BCUT2D eigenvalue weighted by Crippen LogP contribution is -2.19. The highest BCUT2D eigenvalue weighted by Gasteiger charge is 2.33. The number of benzene rings is 1. The monoisotopic (exact) mass is 558 g/mol. The number of hydrogen-bond acceptors (Lipinski definition) is 9. The molecule has 0 spiro atoms. The molecular formula is C25H28F2N8O3S. The fourth-order valence-electron chi connectivity index (χ4n) is 4.25. The van der Waals surface area contributed by atoms with Crippen molar-refractivity contribution >= 4 is 33.1 Å². The number of ether oxygens (including phenoxy) is 1. The van der Waals surface area contributed by atoms with E-state index in [0.29, 0.717) is 36.0 Å². The Morgan fingerprint density at radius 2 is 1.92 bits per heavy atom. The van der Waals surface area contributed by atoms with Crippen LogP contribution >= 0.6 is 0 Å². The van der Waals surface area contributed by atoms with Crippen molar-refractivity contribution in [2.75, 3.05) is 37.2 Å². The molecule has 1 aliphatic carbocycles. The smallest absolute Gasteiger partial charge is 0.232 e. The van der Waals surface area contributed by atoms with E-state index in [1.54, 1.807) is 18.0 Å². The van der Waals surface area contributed by atoms with Crippen LogP contribution in [0.5, 0.6) is 0 Å². The van der Waals surface area contributed by atoms with E-state index in [0.717, 1.165) is 47.4 Å². The number of halogens is 2. The van der Waals surface area contributed by atoms with Crippen molar-refractivity contribution < 1.29 is 21.9 Å². The van der Waals surface area contributed by atoms with Gasteiger partial charge in [0.1, 0.15) is 11.5 Å². The summed E-state index contributed by atoms with van der Waals surface area (Å²) in [4.78, 5) is 10.1. The highest BCUT2D eigenvalue weighted by atomic mass is 32.2. The molecule has 1 aliphatic rings. The van der Waals surface area contributed by atoms with E-state index in [2.05, 4.69) is 25.6 Å². The van der Waals surface area contributed by atoms with Crippen LogP contribution in [0.25, 0.3) is 11.3 Å². The van der Waals surface area contributed by atoms with E-state index in [-0.39, 0.29) is 11.9 Å². The van der Waals surface area contributed by atoms with Crippen LogP contribution < -0.4 is 10.2 Å². The summed E-state index contributed by atoms with van der Waals surface area (Å²) < 4.78 is 60.9. The topological polar surface area (TPSA) is 131 Å². The molecule has 4 aromatic rings. The molecule has 11 nitrogen and oxygen atoms in total. The number of anilines is 4. The fourth-order valence-corrected chi connectivity index (χ4v) is 4.89. The van der Waals surface area contributed by atoms with E-state index in [4.69, 9.17) is 9.72 Å². The molecule has 0 aliphatic heterocycles. The van der Waals surface area contributed by atoms with Gasteiger partial charge >= 0.3 is 0 Å². The first-order valence-corrected chi connectivity index (χ1v) is 14.1. The Morgan fingerprint density at radius 1 is 1.21 bits per heavy atom. The Kier molecular flexibility index (Phi) is 7.07. The first-order chi connectivity index (χ1) is 18.5. The third-order valence-corrected chi connectivity index (χ3v) is 7.45. The third-order valence-electron chi connectivity index (χ3n) is 6.36. The maximum absolute atomic E-state index is 15.1. The lowest BCUT2D eigenvalue weighted by atomic mass is 10.1. The van der Waals surface area contributed by atoms with Crippen molar-refractivity contribution in [3.05, 3.63) is 53.5 Å². The minimum absolute atomic E-state index is 0.00120. The van der Waals surface area contributed by atoms with Gasteiger partial charge < -0.3 is 15.0 Å². The van der Waals surface area contributed by atoms with Gasteiger partial charge in [-0.05, 0) is 37.8 Å². The van der Waals surface area contributed by atoms with E-state index >= 15 is 8.78 Å². The predicted octanol–water partition coefficient (Wildman–Crippen LogP) is 4.09. The van der Waals surface area contributed by atoms with Crippen molar-refractivity contribution in [3.63, 3.8) is 0 Å². The Hall–Kier alpha value is -3.91. The van der Waals surface area contributed by atoms with Crippen molar-refractivity contribution in [3.8, 4) is 11.3 Å². The summed E-state index contributed by atoms with van der Waals surface area (Å²) in [6, 6.07) is 3.39. The summed E-state index contributed by atoms with van der Waals surface area (Å²) in [5.74, 6) is -0.948. The predicted molar refractivity (Wildman–Crippen MR) is 141 cm³/mol. The summed E-state index contributed by atoms with van der Waals surface area (Å²) >= 11 is 0. The SMILES string of the molecule is COCCn1cc(-c2nc(N(C)c3c(F)cc(S(C)(=O)=O)cc3F)nc(Nc3cc(C)[nH]n3)c2C2CC2)cn1. The minimum atomic E-state index is -3.82. The number of hydrogen-bond donors (Lipinski definition) is 2. The summed E-state index contributed by atoms with van der Waals surface area (Å²) in [6.07, 6.45) is 6.28. The van der Waals surface area contributed by atoms with Gasteiger partial charge in [-0.15, -0.1) is 0 Å². The summed E-state index contributed by atoms with van der Waals surface area (Å²) in [6.45, 7) is 2.88. The number of nitrogens with one attached hydrogen (secondary N) is 2. The normalized spacial score (nSPS) is 13.6. The van der Waals surface area contributed by atoms with Crippen LogP contribution in [0.4, 0.5) is 32.1 Å². The number of nitrogens with zero attached hydrogens (tertiary/aromatic N) is 6. The number of methoxy groups -OCH3 is 1. The van der Waals surface area contributed by atoms with Crippen molar-refractivity contribution in [2.45, 2.75) is 37.1 Å². The van der Waals surface area contributed by atoms with Gasteiger partial charge in [-0.3, -0.25) is 9.78 Å². The highest BCUT2D eigenvalue weighted by molar-refractivity contribution is 7.90. The third kappa shape index (κ3) is 5.61. The molecule has 0 saturated heterocycles. The second-order valence-electron chi connectivity index (χ2n) is 9.52. The van der Waals surface area contributed by atoms with Gasteiger partial charge in [0.15, 0.2) is 27.3 Å². The van der Waals surface area contributed by atoms with Crippen LogP contribution in [0.1, 0.15) is 30.0 Å². The van der Waals surface area contributed by atoms with Crippen molar-refractivity contribution in [2.24, 2.45) is 0 Å². The standard InChI is InChI=1S/C25H28F2N8O3S/c1-14-9-20(33-32-14)29-24-21(15-5-6-15)22(16-12-28-35(13-16)7-8-38-3)30-25(31-24)34(2)23-18(26)10-17(11-19(23)27)39(4,36)37/h9-13,15H,5-8H2,1-4H3,(H2,29,30,31,32,33). The Labute approximate surface area is 224 Å². The molecule has 0 atom stereocenters. The molecule has 0 radical (unpaired) electrons. The number of aromatic nitrogens is 6. The number of sulfone groups is 1. The zero-order valence-corrected chi connectivity index (χ0v) is 22.7. The molecule has 0 unspecified atom stereocenters. The van der Waals surface area contributed by atoms with E-state index in [9.17, 15) is 8.42 Å². The number of aromatic amines is 1. The fraction of sp³-hybridized carbons (Fsp3) is 0.360. The number of H-pyrrole nitrogens is 1. The molecule has 206 valence electrons. The first kappa shape index (κ1) is 26.7. The van der Waals surface area contributed by atoms with Gasteiger partial charge in [-0.25, -0.2) is 22.2 Å². The van der Waals surface area contributed by atoms with Crippen LogP contribution in [0.3, 0.4) is 0 Å². The van der Waals surface area contributed by atoms with Gasteiger partial charge in [-0.1, -0.05) is 0 Å².